The van der Waals surface area contributed by atoms with Crippen molar-refractivity contribution >= 4 is 51.0 Å². The van der Waals surface area contributed by atoms with Crippen LogP contribution in [0.4, 0.5) is 11.4 Å². The summed E-state index contributed by atoms with van der Waals surface area (Å²) in [5.74, 6) is 0. The first kappa shape index (κ1) is 41.4. The number of rotatable bonds is 1. The van der Waals surface area contributed by atoms with Crippen LogP contribution in [0.25, 0.3) is 60.9 Å². The summed E-state index contributed by atoms with van der Waals surface area (Å²) in [6.07, 6.45) is 2.37. The number of benzene rings is 7. The highest BCUT2D eigenvalue weighted by molar-refractivity contribution is 6.94. The number of nitrogens with zero attached hydrogens (tertiary/aromatic N) is 2. The summed E-state index contributed by atoms with van der Waals surface area (Å²) in [5.41, 5.74) is 29.1. The summed E-state index contributed by atoms with van der Waals surface area (Å²) < 4.78 is 2.76. The van der Waals surface area contributed by atoms with Gasteiger partial charge in [0, 0.05) is 44.2 Å². The first-order valence-electron chi connectivity index (χ1n) is 25.2. The minimum Gasteiger partial charge on any atom is -0.376 e. The van der Waals surface area contributed by atoms with Crippen LogP contribution < -0.4 is 15.7 Å². The molecule has 0 amide bonds. The number of hydrogen-bond acceptors (Lipinski definition) is 1. The smallest absolute Gasteiger partial charge is 0.333 e. The Morgan fingerprint density at radius 2 is 1.09 bits per heavy atom. The summed E-state index contributed by atoms with van der Waals surface area (Å²) in [5, 5.41) is 2.83. The second-order valence-electron chi connectivity index (χ2n) is 25.6. The maximum atomic E-state index is 2.78. The van der Waals surface area contributed by atoms with Crippen molar-refractivity contribution in [1.29, 1.82) is 0 Å². The fourth-order valence-electron chi connectivity index (χ4n) is 14.0. The lowest BCUT2D eigenvalue weighted by molar-refractivity contribution is 0.332. The van der Waals surface area contributed by atoms with Gasteiger partial charge in [0.05, 0.1) is 11.0 Å². The van der Waals surface area contributed by atoms with Crippen LogP contribution >= 0.6 is 0 Å². The van der Waals surface area contributed by atoms with E-state index in [4.69, 9.17) is 0 Å². The molecule has 0 N–H and O–H groups in total. The van der Waals surface area contributed by atoms with Crippen LogP contribution in [0.2, 0.25) is 0 Å². The Bertz CT molecular complexity index is 3540. The number of fused-ring (bicyclic) bond motifs is 17. The zero-order chi connectivity index (χ0) is 46.9. The van der Waals surface area contributed by atoms with Gasteiger partial charge >= 0.3 is 6.85 Å². The van der Waals surface area contributed by atoms with Gasteiger partial charge in [0.1, 0.15) is 0 Å². The Morgan fingerprint density at radius 1 is 0.493 bits per heavy atom. The van der Waals surface area contributed by atoms with Crippen LogP contribution in [0.5, 0.6) is 0 Å². The van der Waals surface area contributed by atoms with Crippen molar-refractivity contribution in [2.45, 2.75) is 142 Å². The van der Waals surface area contributed by atoms with E-state index in [1.807, 2.05) is 0 Å². The summed E-state index contributed by atoms with van der Waals surface area (Å²) in [4.78, 5) is 2.78. The lowest BCUT2D eigenvalue weighted by Gasteiger charge is -2.44. The summed E-state index contributed by atoms with van der Waals surface area (Å²) in [7, 11) is 0. The lowest BCUT2D eigenvalue weighted by Crippen LogP contribution is -2.61. The monoisotopic (exact) mass is 873 g/mol. The molecule has 13 rings (SSSR count). The van der Waals surface area contributed by atoms with E-state index in [1.54, 1.807) is 0 Å². The number of hydrogen-bond donors (Lipinski definition) is 0. The molecule has 7 aromatic carbocycles. The zero-order valence-corrected chi connectivity index (χ0v) is 42.4. The molecule has 2 aliphatic heterocycles. The maximum absolute atomic E-state index is 2.78. The molecule has 0 atom stereocenters. The van der Waals surface area contributed by atoms with Crippen molar-refractivity contribution in [3.05, 3.63) is 160 Å². The molecule has 0 radical (unpaired) electrons. The zero-order valence-electron chi connectivity index (χ0n) is 42.4. The first-order valence-corrected chi connectivity index (χ1v) is 25.2. The SMILES string of the molecule is CC(C)(C)c1ccc(N2B3c4cc(C(C)(C)C)ccc4-n4c5cc6c(cc5c5c7c(c(c3c54)-c3cc4c(cc32)-c2ccccc2C4(C)C)C(C)(C)c2ccccc2-7)C(C)(C)CCC6(C)C)cc1. The molecule has 0 saturated heterocycles. The fourth-order valence-corrected chi connectivity index (χ4v) is 14.0. The van der Waals surface area contributed by atoms with E-state index < -0.39 is 0 Å². The predicted octanol–water partition coefficient (Wildman–Crippen LogP) is 15.6. The molecule has 0 fully saturated rings. The molecule has 67 heavy (non-hydrogen) atoms. The van der Waals surface area contributed by atoms with Crippen molar-refractivity contribution < 1.29 is 0 Å². The number of anilines is 2. The van der Waals surface area contributed by atoms with Crippen LogP contribution in [0.1, 0.15) is 154 Å². The van der Waals surface area contributed by atoms with Crippen molar-refractivity contribution in [2.75, 3.05) is 4.81 Å². The standard InChI is InChI=1S/C64H65BN2/c1-59(2,3)36-23-26-38(27-24-36)67-52-34-41-39-19-15-17-21-44(39)63(11,12)46(41)32-43(52)55-56-53(40-20-16-18-22-45(40)64(56,13)14)54-42-33-47-48(62(9,10)30-29-61(47,7)8)35-51(42)66-50-28-25-37(60(4,5)6)31-49(50)65(67)57(55)58(54)66/h15-28,31-35H,29-30H2,1-14H3. The Balaban J connectivity index is 1.28. The van der Waals surface area contributed by atoms with Gasteiger partial charge in [-0.15, -0.1) is 0 Å². The fraction of sp³-hybridized carbons (Fsp3) is 0.344. The average molecular weight is 873 g/mol. The van der Waals surface area contributed by atoms with E-state index in [0.29, 0.717) is 0 Å². The molecule has 3 heterocycles. The van der Waals surface area contributed by atoms with Gasteiger partial charge in [-0.3, -0.25) is 0 Å². The van der Waals surface area contributed by atoms with E-state index in [9.17, 15) is 0 Å². The molecule has 2 nitrogen and oxygen atoms in total. The highest BCUT2D eigenvalue weighted by Gasteiger charge is 2.52. The second kappa shape index (κ2) is 12.6. The van der Waals surface area contributed by atoms with Gasteiger partial charge in [-0.25, -0.2) is 0 Å². The Morgan fingerprint density at radius 3 is 1.75 bits per heavy atom. The molecule has 3 heteroatoms. The van der Waals surface area contributed by atoms with Gasteiger partial charge in [0.15, 0.2) is 0 Å². The molecule has 3 aliphatic carbocycles. The lowest BCUT2D eigenvalue weighted by atomic mass is 9.43. The maximum Gasteiger partial charge on any atom is 0.333 e. The van der Waals surface area contributed by atoms with Crippen LogP contribution in [0.3, 0.4) is 0 Å². The van der Waals surface area contributed by atoms with E-state index in [-0.39, 0.29) is 39.3 Å². The van der Waals surface area contributed by atoms with E-state index in [2.05, 4.69) is 222 Å². The minimum absolute atomic E-state index is 0.0374. The second-order valence-corrected chi connectivity index (χ2v) is 25.6. The first-order chi connectivity index (χ1) is 31.5. The summed E-state index contributed by atoms with van der Waals surface area (Å²) in [6.45, 7) is 34.0. The van der Waals surface area contributed by atoms with E-state index >= 15 is 0 Å². The van der Waals surface area contributed by atoms with Gasteiger partial charge < -0.3 is 9.38 Å². The largest absolute Gasteiger partial charge is 0.376 e. The van der Waals surface area contributed by atoms with Crippen LogP contribution in [-0.2, 0) is 32.5 Å². The molecule has 0 unspecified atom stereocenters. The molecule has 0 spiro atoms. The third-order valence-corrected chi connectivity index (χ3v) is 17.9. The molecule has 5 aliphatic rings. The molecule has 1 aromatic heterocycles. The Hall–Kier alpha value is -5.80. The Kier molecular flexibility index (Phi) is 7.81. The molecule has 334 valence electrons. The van der Waals surface area contributed by atoms with Gasteiger partial charge in [-0.05, 0) is 160 Å². The van der Waals surface area contributed by atoms with Crippen LogP contribution in [-0.4, -0.2) is 11.4 Å². The molecular weight excluding hydrogens is 808 g/mol. The van der Waals surface area contributed by atoms with Crippen molar-refractivity contribution in [3.8, 4) is 39.1 Å². The predicted molar refractivity (Wildman–Crippen MR) is 288 cm³/mol. The third kappa shape index (κ3) is 5.19. The minimum atomic E-state index is -0.251. The Labute approximate surface area is 399 Å². The highest BCUT2D eigenvalue weighted by atomic mass is 15.1. The normalized spacial score (nSPS) is 18.3. The van der Waals surface area contributed by atoms with Gasteiger partial charge in [0.25, 0.3) is 0 Å². The highest BCUT2D eigenvalue weighted by Crippen LogP contribution is 2.61. The average Bonchev–Trinajstić information content (AvgIpc) is 3.82. The van der Waals surface area contributed by atoms with Gasteiger partial charge in [-0.2, -0.15) is 0 Å². The number of aromatic nitrogens is 1. The van der Waals surface area contributed by atoms with Gasteiger partial charge in [0.2, 0.25) is 0 Å². The molecule has 0 bridgehead atoms. The van der Waals surface area contributed by atoms with Crippen molar-refractivity contribution in [3.63, 3.8) is 0 Å². The summed E-state index contributed by atoms with van der Waals surface area (Å²) in [6, 6.07) is 46.4. The van der Waals surface area contributed by atoms with Crippen molar-refractivity contribution in [2.24, 2.45) is 0 Å². The van der Waals surface area contributed by atoms with E-state index in [0.717, 1.165) is 0 Å². The molecular formula is C64H65BN2. The topological polar surface area (TPSA) is 8.17 Å². The van der Waals surface area contributed by atoms with Crippen molar-refractivity contribution in [1.82, 2.24) is 4.57 Å². The quantitative estimate of drug-likeness (QED) is 0.149. The molecule has 8 aromatic rings. The summed E-state index contributed by atoms with van der Waals surface area (Å²) >= 11 is 0. The molecule has 0 saturated carbocycles. The van der Waals surface area contributed by atoms with Gasteiger partial charge in [-0.1, -0.05) is 170 Å². The third-order valence-electron chi connectivity index (χ3n) is 17.9. The van der Waals surface area contributed by atoms with Crippen LogP contribution in [0, 0.1) is 0 Å². The van der Waals surface area contributed by atoms with E-state index in [1.165, 1.54) is 141 Å². The van der Waals surface area contributed by atoms with Crippen LogP contribution in [0.15, 0.2) is 115 Å².